The van der Waals surface area contributed by atoms with Gasteiger partial charge in [0.25, 0.3) is 5.56 Å². The Labute approximate surface area is 265 Å². The van der Waals surface area contributed by atoms with Crippen LogP contribution in [0.1, 0.15) is 43.5 Å². The third kappa shape index (κ3) is 6.48. The number of hydrogen-bond acceptors (Lipinski definition) is 8. The molecule has 2 heterocycles. The van der Waals surface area contributed by atoms with E-state index < -0.39 is 12.0 Å². The lowest BCUT2D eigenvalue weighted by Gasteiger charge is -2.24. The lowest BCUT2D eigenvalue weighted by atomic mass is 9.96. The van der Waals surface area contributed by atoms with Gasteiger partial charge >= 0.3 is 5.97 Å². The fourth-order valence-corrected chi connectivity index (χ4v) is 6.39. The molecule has 0 amide bonds. The van der Waals surface area contributed by atoms with E-state index >= 15 is 0 Å². The normalized spacial score (nSPS) is 14.6. The van der Waals surface area contributed by atoms with Crippen LogP contribution in [0.3, 0.4) is 0 Å². The third-order valence-corrected chi connectivity index (χ3v) is 8.32. The van der Waals surface area contributed by atoms with Gasteiger partial charge in [0.1, 0.15) is 18.2 Å². The van der Waals surface area contributed by atoms with E-state index in [1.54, 1.807) is 38.1 Å². The minimum atomic E-state index is -0.755. The molecule has 1 aliphatic heterocycles. The van der Waals surface area contributed by atoms with Gasteiger partial charge in [0.05, 0.1) is 42.2 Å². The fraction of sp³-hybridized carbons (Fsp3) is 0.242. The van der Waals surface area contributed by atoms with Crippen LogP contribution in [0.25, 0.3) is 6.08 Å². The summed E-state index contributed by atoms with van der Waals surface area (Å²) in [5.74, 6) is 0.676. The van der Waals surface area contributed by atoms with Crippen LogP contribution in [-0.2, 0) is 16.1 Å². The molecule has 0 spiro atoms. The molecule has 11 heteroatoms. The number of esters is 1. The predicted octanol–water partition coefficient (Wildman–Crippen LogP) is 5.69. The van der Waals surface area contributed by atoms with Crippen LogP contribution in [0, 0.1) is 5.82 Å². The van der Waals surface area contributed by atoms with E-state index in [1.807, 2.05) is 37.3 Å². The maximum absolute atomic E-state index is 14.1. The first-order chi connectivity index (χ1) is 21.2. The Morgan fingerprint density at radius 2 is 1.80 bits per heavy atom. The van der Waals surface area contributed by atoms with Crippen LogP contribution >= 0.6 is 27.3 Å². The third-order valence-electron chi connectivity index (χ3n) is 6.88. The minimum Gasteiger partial charge on any atom is -0.494 e. The summed E-state index contributed by atoms with van der Waals surface area (Å²) in [7, 11) is 1.53. The maximum Gasteiger partial charge on any atom is 0.338 e. The molecule has 1 aliphatic rings. The SMILES string of the molecule is CCOC(=O)C1=C(C)N=c2s/c(=C\c3cc(Br)cc(OC)c3OCc3ccc(F)cc3)c(=O)n2[C@H]1c1ccc(OCC)cc1. The van der Waals surface area contributed by atoms with Crippen LogP contribution in [0.15, 0.2) is 86.2 Å². The number of rotatable bonds is 10. The number of carbonyl (C=O) groups is 1. The molecule has 0 saturated carbocycles. The summed E-state index contributed by atoms with van der Waals surface area (Å²) in [5.41, 5.74) is 2.50. The summed E-state index contributed by atoms with van der Waals surface area (Å²) in [6.07, 6.45) is 1.72. The van der Waals surface area contributed by atoms with Crippen molar-refractivity contribution in [3.05, 3.63) is 119 Å². The van der Waals surface area contributed by atoms with Crippen LogP contribution in [-0.4, -0.2) is 30.9 Å². The molecule has 0 aliphatic carbocycles. The molecule has 0 fully saturated rings. The van der Waals surface area contributed by atoms with Crippen molar-refractivity contribution >= 4 is 39.3 Å². The van der Waals surface area contributed by atoms with Crippen molar-refractivity contribution in [2.75, 3.05) is 20.3 Å². The number of allylic oxidation sites excluding steroid dienone is 1. The monoisotopic (exact) mass is 680 g/mol. The van der Waals surface area contributed by atoms with E-state index in [9.17, 15) is 14.0 Å². The molecule has 4 aromatic rings. The summed E-state index contributed by atoms with van der Waals surface area (Å²) < 4.78 is 38.8. The number of methoxy groups -OCH3 is 1. The Balaban J connectivity index is 1.64. The highest BCUT2D eigenvalue weighted by atomic mass is 79.9. The molecule has 228 valence electrons. The summed E-state index contributed by atoms with van der Waals surface area (Å²) in [4.78, 5) is 32.4. The highest BCUT2D eigenvalue weighted by Crippen LogP contribution is 2.36. The number of hydrogen-bond donors (Lipinski definition) is 0. The topological polar surface area (TPSA) is 88.4 Å². The summed E-state index contributed by atoms with van der Waals surface area (Å²) in [6.45, 7) is 6.22. The smallest absolute Gasteiger partial charge is 0.338 e. The van der Waals surface area contributed by atoms with E-state index in [4.69, 9.17) is 18.9 Å². The molecule has 8 nitrogen and oxygen atoms in total. The van der Waals surface area contributed by atoms with Gasteiger partial charge in [-0.2, -0.15) is 0 Å². The molecule has 3 aromatic carbocycles. The second kappa shape index (κ2) is 13.6. The first-order valence-electron chi connectivity index (χ1n) is 13.9. The van der Waals surface area contributed by atoms with Gasteiger partial charge in [-0.1, -0.05) is 51.5 Å². The zero-order chi connectivity index (χ0) is 31.4. The number of thiazole rings is 1. The Morgan fingerprint density at radius 3 is 2.45 bits per heavy atom. The minimum absolute atomic E-state index is 0.153. The molecule has 1 atom stereocenters. The zero-order valence-electron chi connectivity index (χ0n) is 24.6. The molecule has 0 bridgehead atoms. The predicted molar refractivity (Wildman–Crippen MR) is 169 cm³/mol. The first-order valence-corrected chi connectivity index (χ1v) is 15.5. The van der Waals surface area contributed by atoms with Crippen LogP contribution < -0.4 is 29.1 Å². The van der Waals surface area contributed by atoms with E-state index in [1.165, 1.54) is 35.1 Å². The molecule has 0 radical (unpaired) electrons. The second-order valence-electron chi connectivity index (χ2n) is 9.75. The molecule has 1 aromatic heterocycles. The molecular formula is C33H30BrFN2O6S. The van der Waals surface area contributed by atoms with E-state index in [-0.39, 0.29) is 24.6 Å². The summed E-state index contributed by atoms with van der Waals surface area (Å²) >= 11 is 4.73. The van der Waals surface area contributed by atoms with Crippen LogP contribution in [0.4, 0.5) is 4.39 Å². The second-order valence-corrected chi connectivity index (χ2v) is 11.7. The quantitative estimate of drug-likeness (QED) is 0.200. The van der Waals surface area contributed by atoms with E-state index in [2.05, 4.69) is 20.9 Å². The number of halogens is 2. The van der Waals surface area contributed by atoms with Gasteiger partial charge in [-0.25, -0.2) is 14.2 Å². The molecule has 44 heavy (non-hydrogen) atoms. The van der Waals surface area contributed by atoms with Crippen LogP contribution in [0.2, 0.25) is 0 Å². The Morgan fingerprint density at radius 1 is 1.07 bits per heavy atom. The summed E-state index contributed by atoms with van der Waals surface area (Å²) in [5, 5.41) is 0. The van der Waals surface area contributed by atoms with Gasteiger partial charge in [-0.3, -0.25) is 9.36 Å². The Hall–Kier alpha value is -4.22. The molecule has 0 saturated heterocycles. The molecular weight excluding hydrogens is 651 g/mol. The number of aromatic nitrogens is 1. The van der Waals surface area contributed by atoms with Gasteiger partial charge in [0.2, 0.25) is 0 Å². The van der Waals surface area contributed by atoms with Crippen molar-refractivity contribution in [2.24, 2.45) is 4.99 Å². The van der Waals surface area contributed by atoms with Gasteiger partial charge in [0, 0.05) is 10.0 Å². The highest BCUT2D eigenvalue weighted by molar-refractivity contribution is 9.10. The van der Waals surface area contributed by atoms with Gasteiger partial charge in [-0.05, 0) is 74.4 Å². The average Bonchev–Trinajstić information content (AvgIpc) is 3.31. The molecule has 0 unspecified atom stereocenters. The lowest BCUT2D eigenvalue weighted by molar-refractivity contribution is -0.139. The van der Waals surface area contributed by atoms with E-state index in [0.717, 1.165) is 10.0 Å². The molecule has 0 N–H and O–H groups in total. The Kier molecular flexibility index (Phi) is 9.65. The van der Waals surface area contributed by atoms with Crippen molar-refractivity contribution in [2.45, 2.75) is 33.4 Å². The standard InChI is InChI=1S/C33H30BrFN2O6S/c1-5-41-25-13-9-21(10-14-25)29-28(32(39)42-6-2)19(3)36-33-37(29)31(38)27(44-33)16-22-15-23(34)17-26(40-4)30(22)43-18-20-7-11-24(35)12-8-20/h7-17,29H,5-6,18H2,1-4H3/b27-16-/t29-/m0/s1. The number of fused-ring (bicyclic) bond motifs is 1. The van der Waals surface area contributed by atoms with Crippen molar-refractivity contribution < 1.29 is 28.1 Å². The number of carbonyl (C=O) groups excluding carboxylic acids is 1. The van der Waals surface area contributed by atoms with Crippen molar-refractivity contribution in [3.8, 4) is 17.2 Å². The van der Waals surface area contributed by atoms with Crippen molar-refractivity contribution in [1.82, 2.24) is 4.57 Å². The van der Waals surface area contributed by atoms with Crippen molar-refractivity contribution in [1.29, 1.82) is 0 Å². The van der Waals surface area contributed by atoms with Gasteiger partial charge in [0.15, 0.2) is 16.3 Å². The summed E-state index contributed by atoms with van der Waals surface area (Å²) in [6, 6.07) is 16.1. The fourth-order valence-electron chi connectivity index (χ4n) is 4.90. The number of benzene rings is 3. The van der Waals surface area contributed by atoms with E-state index in [0.29, 0.717) is 55.6 Å². The largest absolute Gasteiger partial charge is 0.494 e. The first kappa shape index (κ1) is 31.2. The lowest BCUT2D eigenvalue weighted by Crippen LogP contribution is -2.39. The maximum atomic E-state index is 14.1. The van der Waals surface area contributed by atoms with Gasteiger partial charge < -0.3 is 18.9 Å². The highest BCUT2D eigenvalue weighted by Gasteiger charge is 2.33. The molecule has 5 rings (SSSR count). The average molecular weight is 682 g/mol. The zero-order valence-corrected chi connectivity index (χ0v) is 27.0. The van der Waals surface area contributed by atoms with Crippen molar-refractivity contribution in [3.63, 3.8) is 0 Å². The number of ether oxygens (including phenoxy) is 4. The Bertz CT molecular complexity index is 1900. The van der Waals surface area contributed by atoms with Gasteiger partial charge in [-0.15, -0.1) is 0 Å². The number of nitrogens with zero attached hydrogens (tertiary/aromatic N) is 2. The van der Waals surface area contributed by atoms with Crippen LogP contribution in [0.5, 0.6) is 17.2 Å².